The number of pyridine rings is 1. The fraction of sp³-hybridized carbons (Fsp3) is 0.357. The van der Waals surface area contributed by atoms with Gasteiger partial charge in [0.25, 0.3) is 5.56 Å². The molecule has 0 atom stereocenters. The van der Waals surface area contributed by atoms with Crippen molar-refractivity contribution in [3.8, 4) is 0 Å². The van der Waals surface area contributed by atoms with Gasteiger partial charge in [0.15, 0.2) is 0 Å². The molecule has 0 saturated carbocycles. The number of aryl methyl sites for hydroxylation is 1. The number of fused-ring (bicyclic) bond motifs is 1. The number of aliphatic carboxylic acids is 1. The van der Waals surface area contributed by atoms with Gasteiger partial charge in [0, 0.05) is 18.0 Å². The number of aromatic nitrogens is 2. The van der Waals surface area contributed by atoms with E-state index in [1.54, 1.807) is 26.1 Å². The first-order valence-corrected chi connectivity index (χ1v) is 7.15. The van der Waals surface area contributed by atoms with Gasteiger partial charge in [-0.1, -0.05) is 6.07 Å². The summed E-state index contributed by atoms with van der Waals surface area (Å²) in [6, 6.07) is 5.14. The van der Waals surface area contributed by atoms with Crippen molar-refractivity contribution in [3.63, 3.8) is 0 Å². The molecule has 0 aromatic carbocycles. The monoisotopic (exact) mass is 292 g/mol. The summed E-state index contributed by atoms with van der Waals surface area (Å²) in [5, 5.41) is 9.08. The van der Waals surface area contributed by atoms with Crippen LogP contribution in [0.4, 0.5) is 0 Å². The highest BCUT2D eigenvalue weighted by molar-refractivity contribution is 8.00. The molecule has 2 heterocycles. The van der Waals surface area contributed by atoms with Crippen LogP contribution in [0.1, 0.15) is 25.1 Å². The molecule has 6 heteroatoms. The average Bonchev–Trinajstić information content (AvgIpc) is 2.37. The number of carboxylic acids is 1. The van der Waals surface area contributed by atoms with E-state index in [9.17, 15) is 9.59 Å². The minimum atomic E-state index is -0.904. The van der Waals surface area contributed by atoms with Gasteiger partial charge in [0.1, 0.15) is 10.4 Å². The molecular formula is C14H16N2O3S. The summed E-state index contributed by atoms with van der Waals surface area (Å²) in [6.45, 7) is 5.16. The van der Waals surface area contributed by atoms with Gasteiger partial charge >= 0.3 is 5.97 Å². The van der Waals surface area contributed by atoms with Gasteiger partial charge in [-0.15, -0.1) is 11.8 Å². The summed E-state index contributed by atoms with van der Waals surface area (Å²) in [5.41, 5.74) is 1.98. The fourth-order valence-electron chi connectivity index (χ4n) is 1.70. The number of hydrogen-bond donors (Lipinski definition) is 1. The van der Waals surface area contributed by atoms with E-state index < -0.39 is 10.7 Å². The second-order valence-electron chi connectivity index (χ2n) is 5.07. The average molecular weight is 292 g/mol. The standard InChI is InChI=1S/C14H16N2O3S/c1-9-5-4-6-16-11(17)7-10(15-12(9)16)8-20-14(2,3)13(18)19/h4-7H,8H2,1-3H3,(H,18,19). The van der Waals surface area contributed by atoms with E-state index >= 15 is 0 Å². The minimum Gasteiger partial charge on any atom is -0.480 e. The fourth-order valence-corrected chi connectivity index (χ4v) is 2.48. The third-order valence-corrected chi connectivity index (χ3v) is 4.37. The second-order valence-corrected chi connectivity index (χ2v) is 6.67. The van der Waals surface area contributed by atoms with Crippen LogP contribution in [0.2, 0.25) is 0 Å². The Morgan fingerprint density at radius 1 is 1.50 bits per heavy atom. The molecule has 20 heavy (non-hydrogen) atoms. The van der Waals surface area contributed by atoms with E-state index in [4.69, 9.17) is 5.11 Å². The predicted octanol–water partition coefficient (Wildman–Crippen LogP) is 2.10. The Balaban J connectivity index is 2.35. The second kappa shape index (κ2) is 5.28. The summed E-state index contributed by atoms with van der Waals surface area (Å²) >= 11 is 1.25. The lowest BCUT2D eigenvalue weighted by Gasteiger charge is -2.18. The van der Waals surface area contributed by atoms with Gasteiger partial charge in [-0.05, 0) is 32.4 Å². The number of carboxylic acid groups (broad SMARTS) is 1. The summed E-state index contributed by atoms with van der Waals surface area (Å²) in [6.07, 6.45) is 1.68. The van der Waals surface area contributed by atoms with E-state index in [1.165, 1.54) is 22.2 Å². The SMILES string of the molecule is Cc1cccn2c(=O)cc(CSC(C)(C)C(=O)O)nc12. The third kappa shape index (κ3) is 2.85. The molecule has 0 spiro atoms. The van der Waals surface area contributed by atoms with Crippen LogP contribution in [0.15, 0.2) is 29.2 Å². The lowest BCUT2D eigenvalue weighted by Crippen LogP contribution is -2.27. The van der Waals surface area contributed by atoms with Crippen molar-refractivity contribution in [2.45, 2.75) is 31.3 Å². The van der Waals surface area contributed by atoms with Crippen LogP contribution in [-0.4, -0.2) is 25.2 Å². The summed E-state index contributed by atoms with van der Waals surface area (Å²) < 4.78 is 0.588. The molecule has 106 valence electrons. The molecule has 0 unspecified atom stereocenters. The van der Waals surface area contributed by atoms with E-state index in [0.29, 0.717) is 17.1 Å². The Hall–Kier alpha value is -1.82. The summed E-state index contributed by atoms with van der Waals surface area (Å²) in [7, 11) is 0. The minimum absolute atomic E-state index is 0.151. The van der Waals surface area contributed by atoms with Crippen molar-refractivity contribution in [1.29, 1.82) is 0 Å². The van der Waals surface area contributed by atoms with E-state index in [1.807, 2.05) is 13.0 Å². The molecule has 0 aliphatic heterocycles. The lowest BCUT2D eigenvalue weighted by atomic mass is 10.2. The molecule has 0 saturated heterocycles. The molecule has 5 nitrogen and oxygen atoms in total. The molecule has 0 fully saturated rings. The van der Waals surface area contributed by atoms with Crippen molar-refractivity contribution >= 4 is 23.4 Å². The maximum atomic E-state index is 12.0. The Kier molecular flexibility index (Phi) is 3.85. The highest BCUT2D eigenvalue weighted by Gasteiger charge is 2.27. The molecule has 1 N–H and O–H groups in total. The van der Waals surface area contributed by atoms with Crippen LogP contribution >= 0.6 is 11.8 Å². The number of nitrogens with zero attached hydrogens (tertiary/aromatic N) is 2. The first kappa shape index (κ1) is 14.6. The van der Waals surface area contributed by atoms with Crippen LogP contribution in [0.3, 0.4) is 0 Å². The van der Waals surface area contributed by atoms with Crippen molar-refractivity contribution in [1.82, 2.24) is 9.38 Å². The van der Waals surface area contributed by atoms with Crippen LogP contribution in [0.5, 0.6) is 0 Å². The highest BCUT2D eigenvalue weighted by atomic mass is 32.2. The molecule has 0 bridgehead atoms. The van der Waals surface area contributed by atoms with Gasteiger partial charge in [-0.2, -0.15) is 0 Å². The highest BCUT2D eigenvalue weighted by Crippen LogP contribution is 2.27. The number of thioether (sulfide) groups is 1. The number of rotatable bonds is 4. The van der Waals surface area contributed by atoms with Crippen molar-refractivity contribution in [3.05, 3.63) is 46.0 Å². The van der Waals surface area contributed by atoms with Gasteiger partial charge < -0.3 is 5.11 Å². The van der Waals surface area contributed by atoms with Crippen LogP contribution in [0.25, 0.3) is 5.65 Å². The summed E-state index contributed by atoms with van der Waals surface area (Å²) in [4.78, 5) is 27.5. The lowest BCUT2D eigenvalue weighted by molar-refractivity contribution is -0.138. The molecule has 0 amide bonds. The zero-order valence-electron chi connectivity index (χ0n) is 11.6. The maximum absolute atomic E-state index is 12.0. The van der Waals surface area contributed by atoms with Crippen LogP contribution < -0.4 is 5.56 Å². The zero-order valence-corrected chi connectivity index (χ0v) is 12.4. The quantitative estimate of drug-likeness (QED) is 0.934. The molecule has 0 aliphatic carbocycles. The van der Waals surface area contributed by atoms with Gasteiger partial charge in [0.2, 0.25) is 0 Å². The van der Waals surface area contributed by atoms with E-state index in [0.717, 1.165) is 5.56 Å². The molecular weight excluding hydrogens is 276 g/mol. The Bertz CT molecular complexity index is 722. The smallest absolute Gasteiger partial charge is 0.319 e. The maximum Gasteiger partial charge on any atom is 0.319 e. The first-order valence-electron chi connectivity index (χ1n) is 6.16. The normalized spacial score (nSPS) is 11.8. The molecule has 0 aliphatic rings. The Morgan fingerprint density at radius 2 is 2.20 bits per heavy atom. The predicted molar refractivity (Wildman–Crippen MR) is 79.2 cm³/mol. The van der Waals surface area contributed by atoms with Crippen molar-refractivity contribution in [2.75, 3.05) is 0 Å². The van der Waals surface area contributed by atoms with E-state index in [2.05, 4.69) is 4.98 Å². The largest absolute Gasteiger partial charge is 0.480 e. The van der Waals surface area contributed by atoms with Crippen LogP contribution in [0, 0.1) is 6.92 Å². The molecule has 2 rings (SSSR count). The summed E-state index contributed by atoms with van der Waals surface area (Å²) in [5.74, 6) is -0.490. The number of carbonyl (C=O) groups is 1. The van der Waals surface area contributed by atoms with E-state index in [-0.39, 0.29) is 5.56 Å². The molecule has 2 aromatic heterocycles. The number of hydrogen-bond acceptors (Lipinski definition) is 4. The van der Waals surface area contributed by atoms with Crippen molar-refractivity contribution < 1.29 is 9.90 Å². The van der Waals surface area contributed by atoms with Gasteiger partial charge in [0.05, 0.1) is 5.69 Å². The molecule has 2 aromatic rings. The zero-order chi connectivity index (χ0) is 14.9. The first-order chi connectivity index (χ1) is 9.31. The van der Waals surface area contributed by atoms with Crippen molar-refractivity contribution in [2.24, 2.45) is 0 Å². The van der Waals surface area contributed by atoms with Gasteiger partial charge in [-0.3, -0.25) is 14.0 Å². The Labute approximate surface area is 120 Å². The molecule has 0 radical (unpaired) electrons. The van der Waals surface area contributed by atoms with Crippen LogP contribution in [-0.2, 0) is 10.5 Å². The Morgan fingerprint density at radius 3 is 2.85 bits per heavy atom. The third-order valence-electron chi connectivity index (χ3n) is 3.04. The topological polar surface area (TPSA) is 71.7 Å². The van der Waals surface area contributed by atoms with Gasteiger partial charge in [-0.25, -0.2) is 4.98 Å².